The topological polar surface area (TPSA) is 69.3 Å². The summed E-state index contributed by atoms with van der Waals surface area (Å²) in [5.74, 6) is 2.88. The van der Waals surface area contributed by atoms with Crippen LogP contribution in [0.3, 0.4) is 0 Å². The van der Waals surface area contributed by atoms with E-state index in [0.29, 0.717) is 24.5 Å². The lowest BCUT2D eigenvalue weighted by Crippen LogP contribution is -2.43. The van der Waals surface area contributed by atoms with Gasteiger partial charge >= 0.3 is 0 Å². The quantitative estimate of drug-likeness (QED) is 0.293. The highest BCUT2D eigenvalue weighted by atomic mass is 16.5. The second kappa shape index (κ2) is 12.3. The van der Waals surface area contributed by atoms with Crippen LogP contribution in [0.25, 0.3) is 10.8 Å². The smallest absolute Gasteiger partial charge is 0.234 e. The summed E-state index contributed by atoms with van der Waals surface area (Å²) in [6, 6.07) is 24.3. The van der Waals surface area contributed by atoms with E-state index in [0.717, 1.165) is 46.5 Å². The van der Waals surface area contributed by atoms with Crippen molar-refractivity contribution in [1.29, 1.82) is 0 Å². The molecule has 0 fully saturated rings. The van der Waals surface area contributed by atoms with E-state index in [9.17, 15) is 4.79 Å². The van der Waals surface area contributed by atoms with Crippen LogP contribution in [0, 0.1) is 0 Å². The molecular formula is C33H36N2O5. The normalized spacial score (nSPS) is 14.8. The second-order valence-corrected chi connectivity index (χ2v) is 9.95. The van der Waals surface area contributed by atoms with Crippen molar-refractivity contribution < 1.29 is 23.7 Å². The molecule has 1 heterocycles. The lowest BCUT2D eigenvalue weighted by molar-refractivity contribution is -0.123. The number of carbonyl (C=O) groups is 1. The number of rotatable bonds is 10. The van der Waals surface area contributed by atoms with Gasteiger partial charge in [0.25, 0.3) is 0 Å². The Morgan fingerprint density at radius 1 is 0.850 bits per heavy atom. The minimum Gasteiger partial charge on any atom is -0.497 e. The van der Waals surface area contributed by atoms with Gasteiger partial charge in [-0.05, 0) is 58.5 Å². The molecule has 7 nitrogen and oxygen atoms in total. The van der Waals surface area contributed by atoms with Crippen molar-refractivity contribution in [2.24, 2.45) is 0 Å². The number of benzene rings is 4. The van der Waals surface area contributed by atoms with Gasteiger partial charge in [-0.1, -0.05) is 48.5 Å². The summed E-state index contributed by atoms with van der Waals surface area (Å²) in [4.78, 5) is 15.6. The van der Waals surface area contributed by atoms with E-state index in [-0.39, 0.29) is 18.5 Å². The van der Waals surface area contributed by atoms with E-state index in [2.05, 4.69) is 40.5 Å². The molecule has 0 aliphatic carbocycles. The molecule has 0 radical (unpaired) electrons. The average molecular weight is 541 g/mol. The van der Waals surface area contributed by atoms with E-state index in [1.807, 2.05) is 42.5 Å². The largest absolute Gasteiger partial charge is 0.497 e. The lowest BCUT2D eigenvalue weighted by atomic mass is 9.87. The Morgan fingerprint density at radius 2 is 1.62 bits per heavy atom. The highest BCUT2D eigenvalue weighted by Gasteiger charge is 2.32. The van der Waals surface area contributed by atoms with E-state index in [1.54, 1.807) is 28.4 Å². The fourth-order valence-electron chi connectivity index (χ4n) is 5.66. The van der Waals surface area contributed by atoms with Crippen LogP contribution in [0.4, 0.5) is 0 Å². The van der Waals surface area contributed by atoms with Gasteiger partial charge in [-0.2, -0.15) is 0 Å². The van der Waals surface area contributed by atoms with Crippen molar-refractivity contribution in [1.82, 2.24) is 10.2 Å². The highest BCUT2D eigenvalue weighted by Crippen LogP contribution is 2.41. The molecule has 4 aromatic rings. The first-order valence-corrected chi connectivity index (χ1v) is 13.5. The molecule has 1 aliphatic heterocycles. The van der Waals surface area contributed by atoms with Crippen molar-refractivity contribution in [2.75, 3.05) is 41.5 Å². The van der Waals surface area contributed by atoms with Crippen LogP contribution >= 0.6 is 0 Å². The second-order valence-electron chi connectivity index (χ2n) is 9.95. The third-order valence-electron chi connectivity index (χ3n) is 7.68. The average Bonchev–Trinajstić information content (AvgIpc) is 3.00. The van der Waals surface area contributed by atoms with Crippen LogP contribution in [-0.4, -0.2) is 52.3 Å². The third-order valence-corrected chi connectivity index (χ3v) is 7.68. The molecule has 1 amide bonds. The molecule has 40 heavy (non-hydrogen) atoms. The summed E-state index contributed by atoms with van der Waals surface area (Å²) in [5, 5.41) is 5.48. The summed E-state index contributed by atoms with van der Waals surface area (Å²) < 4.78 is 22.4. The van der Waals surface area contributed by atoms with Crippen molar-refractivity contribution in [3.8, 4) is 23.0 Å². The number of ether oxygens (including phenoxy) is 4. The minimum absolute atomic E-state index is 0.0128. The highest BCUT2D eigenvalue weighted by molar-refractivity contribution is 5.86. The van der Waals surface area contributed by atoms with Gasteiger partial charge in [-0.25, -0.2) is 0 Å². The standard InChI is InChI=1S/C33H36N2O5/c1-37-26-18-24-14-15-35(21-32(36)34-20-25-10-7-9-23-8-5-6-11-27(23)25)28(33(24)31(19-26)40-4)16-22-12-13-29(38-2)30(17-22)39-3/h5-13,17-19,28H,14-16,20-21H2,1-4H3,(H,34,36). The zero-order valence-electron chi connectivity index (χ0n) is 23.5. The van der Waals surface area contributed by atoms with Crippen molar-refractivity contribution in [3.63, 3.8) is 0 Å². The van der Waals surface area contributed by atoms with Gasteiger partial charge in [-0.15, -0.1) is 0 Å². The molecule has 1 aliphatic rings. The van der Waals surface area contributed by atoms with Gasteiger partial charge in [-0.3, -0.25) is 9.69 Å². The minimum atomic E-state index is -0.0778. The predicted octanol–water partition coefficient (Wildman–Crippen LogP) is 5.33. The van der Waals surface area contributed by atoms with Gasteiger partial charge in [0.2, 0.25) is 5.91 Å². The molecule has 208 valence electrons. The summed E-state index contributed by atoms with van der Waals surface area (Å²) in [7, 11) is 6.61. The Kier molecular flexibility index (Phi) is 8.41. The van der Waals surface area contributed by atoms with Gasteiger partial charge in [0, 0.05) is 30.8 Å². The summed E-state index contributed by atoms with van der Waals surface area (Å²) >= 11 is 0. The van der Waals surface area contributed by atoms with E-state index in [1.165, 1.54) is 10.9 Å². The van der Waals surface area contributed by atoms with Gasteiger partial charge < -0.3 is 24.3 Å². The fraction of sp³-hybridized carbons (Fsp3) is 0.303. The van der Waals surface area contributed by atoms with Gasteiger partial charge in [0.15, 0.2) is 11.5 Å². The van der Waals surface area contributed by atoms with E-state index < -0.39 is 0 Å². The van der Waals surface area contributed by atoms with Crippen LogP contribution < -0.4 is 24.3 Å². The van der Waals surface area contributed by atoms with Crippen LogP contribution in [0.1, 0.15) is 28.3 Å². The lowest BCUT2D eigenvalue weighted by Gasteiger charge is -2.38. The first kappa shape index (κ1) is 27.3. The van der Waals surface area contributed by atoms with Crippen LogP contribution in [-0.2, 0) is 24.2 Å². The van der Waals surface area contributed by atoms with Crippen LogP contribution in [0.5, 0.6) is 23.0 Å². The Bertz CT molecular complexity index is 1480. The summed E-state index contributed by atoms with van der Waals surface area (Å²) in [6.45, 7) is 1.49. The molecule has 0 saturated heterocycles. The maximum absolute atomic E-state index is 13.3. The summed E-state index contributed by atoms with van der Waals surface area (Å²) in [6.07, 6.45) is 1.47. The fourth-order valence-corrected chi connectivity index (χ4v) is 5.66. The van der Waals surface area contributed by atoms with Crippen LogP contribution in [0.2, 0.25) is 0 Å². The monoisotopic (exact) mass is 540 g/mol. The van der Waals surface area contributed by atoms with Crippen LogP contribution in [0.15, 0.2) is 72.8 Å². The maximum Gasteiger partial charge on any atom is 0.234 e. The SMILES string of the molecule is COc1cc2c(c(OC)c1)C(Cc1ccc(OC)c(OC)c1)N(CC(=O)NCc1cccc3ccccc13)CC2. The number of nitrogens with zero attached hydrogens (tertiary/aromatic N) is 1. The maximum atomic E-state index is 13.3. The number of carbonyl (C=O) groups excluding carboxylic acids is 1. The van der Waals surface area contributed by atoms with Crippen molar-refractivity contribution >= 4 is 16.7 Å². The first-order valence-electron chi connectivity index (χ1n) is 13.5. The predicted molar refractivity (Wildman–Crippen MR) is 157 cm³/mol. The Labute approximate surface area is 235 Å². The molecule has 7 heteroatoms. The zero-order chi connectivity index (χ0) is 28.1. The molecule has 1 unspecified atom stereocenters. The van der Waals surface area contributed by atoms with Gasteiger partial charge in [0.05, 0.1) is 35.0 Å². The Balaban J connectivity index is 1.41. The third kappa shape index (κ3) is 5.70. The Hall–Kier alpha value is -4.23. The molecular weight excluding hydrogens is 504 g/mol. The molecule has 1 N–H and O–H groups in total. The Morgan fingerprint density at radius 3 is 2.40 bits per heavy atom. The number of methoxy groups -OCH3 is 4. The number of hydrogen-bond acceptors (Lipinski definition) is 6. The molecule has 4 aromatic carbocycles. The first-order chi connectivity index (χ1) is 19.5. The summed E-state index contributed by atoms with van der Waals surface area (Å²) in [5.41, 5.74) is 4.45. The van der Waals surface area contributed by atoms with E-state index in [4.69, 9.17) is 18.9 Å². The van der Waals surface area contributed by atoms with Crippen molar-refractivity contribution in [2.45, 2.75) is 25.4 Å². The molecule has 0 bridgehead atoms. The zero-order valence-corrected chi connectivity index (χ0v) is 23.5. The molecule has 0 spiro atoms. The van der Waals surface area contributed by atoms with Gasteiger partial charge in [0.1, 0.15) is 11.5 Å². The van der Waals surface area contributed by atoms with Crippen molar-refractivity contribution in [3.05, 3.63) is 95.1 Å². The number of nitrogens with one attached hydrogen (secondary N) is 1. The number of hydrogen-bond donors (Lipinski definition) is 1. The molecule has 1 atom stereocenters. The van der Waals surface area contributed by atoms with E-state index >= 15 is 0 Å². The molecule has 5 rings (SSSR count). The molecule has 0 aromatic heterocycles. The molecule has 0 saturated carbocycles. The number of amides is 1. The number of fused-ring (bicyclic) bond motifs is 2.